The highest BCUT2D eigenvalue weighted by molar-refractivity contribution is 5.96. The van der Waals surface area contributed by atoms with Crippen LogP contribution in [0.1, 0.15) is 21.9 Å². The first-order valence-electron chi connectivity index (χ1n) is 7.15. The summed E-state index contributed by atoms with van der Waals surface area (Å²) in [5.74, 6) is -0.952. The molecule has 2 aromatic heterocycles. The Kier molecular flexibility index (Phi) is 2.80. The van der Waals surface area contributed by atoms with Crippen molar-refractivity contribution in [1.82, 2.24) is 14.3 Å². The van der Waals surface area contributed by atoms with Crippen LogP contribution in [0.4, 0.5) is 0 Å². The molecule has 0 aliphatic carbocycles. The summed E-state index contributed by atoms with van der Waals surface area (Å²) in [4.78, 5) is 11.7. The van der Waals surface area contributed by atoms with Gasteiger partial charge in [-0.15, -0.1) is 0 Å². The minimum atomic E-state index is -0.952. The number of hydrogen-bond acceptors (Lipinski definition) is 3. The first-order chi connectivity index (χ1) is 10.7. The van der Waals surface area contributed by atoms with Crippen LogP contribution in [0.3, 0.4) is 0 Å². The van der Waals surface area contributed by atoms with Crippen molar-refractivity contribution in [3.05, 3.63) is 47.4 Å². The zero-order chi connectivity index (χ0) is 15.3. The van der Waals surface area contributed by atoms with Crippen molar-refractivity contribution < 1.29 is 14.6 Å². The Bertz CT molecular complexity index is 892. The highest BCUT2D eigenvalue weighted by atomic mass is 16.5. The van der Waals surface area contributed by atoms with Crippen molar-refractivity contribution >= 4 is 16.9 Å². The normalized spacial score (nSPS) is 14.2. The lowest BCUT2D eigenvalue weighted by molar-refractivity contribution is 0.0687. The molecule has 0 amide bonds. The first-order valence-corrected chi connectivity index (χ1v) is 7.15. The van der Waals surface area contributed by atoms with Crippen molar-refractivity contribution in [3.63, 3.8) is 0 Å². The summed E-state index contributed by atoms with van der Waals surface area (Å²) < 4.78 is 9.23. The zero-order valence-corrected chi connectivity index (χ0v) is 12.1. The molecule has 3 aromatic rings. The number of aryl methyl sites for hydroxylation is 1. The van der Waals surface area contributed by atoms with E-state index in [9.17, 15) is 9.90 Å². The van der Waals surface area contributed by atoms with Crippen molar-refractivity contribution in [2.24, 2.45) is 0 Å². The van der Waals surface area contributed by atoms with Gasteiger partial charge in [0.05, 0.1) is 42.4 Å². The Hall–Kier alpha value is -2.60. The third-order valence-electron chi connectivity index (χ3n) is 4.04. The van der Waals surface area contributed by atoms with Gasteiger partial charge in [0, 0.05) is 5.39 Å². The number of hydrogen-bond donors (Lipinski definition) is 1. The molecule has 0 radical (unpaired) electrons. The maximum atomic E-state index is 11.7. The lowest BCUT2D eigenvalue weighted by Gasteiger charge is -2.17. The summed E-state index contributed by atoms with van der Waals surface area (Å²) in [6.45, 7) is 3.67. The van der Waals surface area contributed by atoms with E-state index in [1.54, 1.807) is 10.6 Å². The van der Waals surface area contributed by atoms with Crippen LogP contribution >= 0.6 is 0 Å². The molecule has 1 aliphatic rings. The van der Waals surface area contributed by atoms with Crippen LogP contribution in [0.2, 0.25) is 0 Å². The molecule has 4 rings (SSSR count). The van der Waals surface area contributed by atoms with Gasteiger partial charge in [-0.2, -0.15) is 5.10 Å². The number of fused-ring (bicyclic) bond motifs is 2. The monoisotopic (exact) mass is 297 g/mol. The van der Waals surface area contributed by atoms with E-state index in [1.165, 1.54) is 0 Å². The molecule has 112 valence electrons. The van der Waals surface area contributed by atoms with E-state index in [-0.39, 0.29) is 5.69 Å². The van der Waals surface area contributed by atoms with Gasteiger partial charge in [-0.25, -0.2) is 4.79 Å². The van der Waals surface area contributed by atoms with Crippen molar-refractivity contribution in [3.8, 4) is 5.69 Å². The number of para-hydroxylation sites is 1. The van der Waals surface area contributed by atoms with Crippen LogP contribution in [-0.2, 0) is 17.9 Å². The van der Waals surface area contributed by atoms with Crippen LogP contribution in [0.15, 0.2) is 30.3 Å². The van der Waals surface area contributed by atoms with E-state index in [0.717, 1.165) is 28.0 Å². The fraction of sp³-hybridized carbons (Fsp3) is 0.250. The summed E-state index contributed by atoms with van der Waals surface area (Å²) in [5.41, 5.74) is 3.66. The fourth-order valence-electron chi connectivity index (χ4n) is 3.11. The molecule has 6 heteroatoms. The molecule has 0 atom stereocenters. The Labute approximate surface area is 126 Å². The molecule has 3 heterocycles. The number of carboxylic acids is 1. The second kappa shape index (κ2) is 4.71. The lowest BCUT2D eigenvalue weighted by atomic mass is 10.2. The molecule has 0 saturated carbocycles. The van der Waals surface area contributed by atoms with Gasteiger partial charge in [-0.3, -0.25) is 9.25 Å². The minimum absolute atomic E-state index is 0.241. The first kappa shape index (κ1) is 13.1. The Morgan fingerprint density at radius 2 is 2.18 bits per heavy atom. The van der Waals surface area contributed by atoms with Gasteiger partial charge in [0.15, 0.2) is 0 Å². The second-order valence-corrected chi connectivity index (χ2v) is 5.39. The average molecular weight is 297 g/mol. The standard InChI is InChI=1S/C16H15N3O3/c1-10-15(14-9-22-7-6-18(14)17-10)19-12-5-3-2-4-11(12)8-13(19)16(20)21/h2-5,8H,6-7,9H2,1H3,(H,20,21). The smallest absolute Gasteiger partial charge is 0.352 e. The van der Waals surface area contributed by atoms with Crippen LogP contribution in [0.25, 0.3) is 16.6 Å². The maximum absolute atomic E-state index is 11.7. The third-order valence-corrected chi connectivity index (χ3v) is 4.04. The molecule has 6 nitrogen and oxygen atoms in total. The number of nitrogens with zero attached hydrogens (tertiary/aromatic N) is 3. The zero-order valence-electron chi connectivity index (χ0n) is 12.1. The van der Waals surface area contributed by atoms with Crippen molar-refractivity contribution in [1.29, 1.82) is 0 Å². The van der Waals surface area contributed by atoms with Gasteiger partial charge in [-0.1, -0.05) is 18.2 Å². The summed E-state index contributed by atoms with van der Waals surface area (Å²) in [6, 6.07) is 9.36. The lowest BCUT2D eigenvalue weighted by Crippen LogP contribution is -2.19. The number of aromatic nitrogens is 3. The van der Waals surface area contributed by atoms with Crippen LogP contribution in [0, 0.1) is 6.92 Å². The minimum Gasteiger partial charge on any atom is -0.477 e. The molecule has 1 aromatic carbocycles. The Morgan fingerprint density at radius 3 is 3.00 bits per heavy atom. The fourth-order valence-corrected chi connectivity index (χ4v) is 3.11. The van der Waals surface area contributed by atoms with Gasteiger partial charge in [0.2, 0.25) is 0 Å². The number of aromatic carboxylic acids is 1. The van der Waals surface area contributed by atoms with E-state index < -0.39 is 5.97 Å². The van der Waals surface area contributed by atoms with Crippen LogP contribution in [0.5, 0.6) is 0 Å². The number of rotatable bonds is 2. The number of ether oxygens (including phenoxy) is 1. The van der Waals surface area contributed by atoms with E-state index in [1.807, 2.05) is 35.9 Å². The molecule has 1 N–H and O–H groups in total. The summed E-state index contributed by atoms with van der Waals surface area (Å²) in [5, 5.41) is 15.0. The number of carboxylic acid groups (broad SMARTS) is 1. The van der Waals surface area contributed by atoms with E-state index in [2.05, 4.69) is 5.10 Å². The topological polar surface area (TPSA) is 69.3 Å². The molecule has 0 saturated heterocycles. The molecule has 0 spiro atoms. The van der Waals surface area contributed by atoms with Gasteiger partial charge >= 0.3 is 5.97 Å². The van der Waals surface area contributed by atoms with E-state index in [4.69, 9.17) is 4.74 Å². The highest BCUT2D eigenvalue weighted by Gasteiger charge is 2.25. The number of carbonyl (C=O) groups is 1. The summed E-state index contributed by atoms with van der Waals surface area (Å²) in [7, 11) is 0. The van der Waals surface area contributed by atoms with Gasteiger partial charge in [0.1, 0.15) is 5.69 Å². The van der Waals surface area contributed by atoms with Crippen molar-refractivity contribution in [2.75, 3.05) is 6.61 Å². The molecular formula is C16H15N3O3. The predicted octanol–water partition coefficient (Wildman–Crippen LogP) is 2.36. The summed E-state index contributed by atoms with van der Waals surface area (Å²) >= 11 is 0. The second-order valence-electron chi connectivity index (χ2n) is 5.39. The van der Waals surface area contributed by atoms with Gasteiger partial charge in [-0.05, 0) is 19.1 Å². The van der Waals surface area contributed by atoms with Crippen LogP contribution in [-0.4, -0.2) is 32.0 Å². The average Bonchev–Trinajstić information content (AvgIpc) is 3.04. The summed E-state index contributed by atoms with van der Waals surface area (Å²) in [6.07, 6.45) is 0. The maximum Gasteiger partial charge on any atom is 0.352 e. The quantitative estimate of drug-likeness (QED) is 0.788. The largest absolute Gasteiger partial charge is 0.477 e. The van der Waals surface area contributed by atoms with Gasteiger partial charge < -0.3 is 9.84 Å². The molecule has 0 bridgehead atoms. The molecule has 22 heavy (non-hydrogen) atoms. The van der Waals surface area contributed by atoms with E-state index >= 15 is 0 Å². The molecule has 0 unspecified atom stereocenters. The van der Waals surface area contributed by atoms with Crippen LogP contribution < -0.4 is 0 Å². The van der Waals surface area contributed by atoms with Crippen molar-refractivity contribution in [2.45, 2.75) is 20.1 Å². The SMILES string of the molecule is Cc1nn2c(c1-n1c(C(=O)O)cc3ccccc31)COCC2. The van der Waals surface area contributed by atoms with Gasteiger partial charge in [0.25, 0.3) is 0 Å². The molecular weight excluding hydrogens is 282 g/mol. The number of benzene rings is 1. The Morgan fingerprint density at radius 1 is 1.36 bits per heavy atom. The Balaban J connectivity index is 2.08. The predicted molar refractivity (Wildman–Crippen MR) is 80.4 cm³/mol. The molecule has 0 fully saturated rings. The molecule has 1 aliphatic heterocycles. The third kappa shape index (κ3) is 1.77. The highest BCUT2D eigenvalue weighted by Crippen LogP contribution is 2.30. The van der Waals surface area contributed by atoms with E-state index in [0.29, 0.717) is 19.8 Å².